The van der Waals surface area contributed by atoms with Gasteiger partial charge in [-0.15, -0.1) is 0 Å². The molecule has 0 amide bonds. The van der Waals surface area contributed by atoms with Gasteiger partial charge in [-0.3, -0.25) is 4.90 Å². The molecule has 2 saturated heterocycles. The zero-order valence-corrected chi connectivity index (χ0v) is 24.1. The lowest BCUT2D eigenvalue weighted by molar-refractivity contribution is 0.0982. The zero-order chi connectivity index (χ0) is 27.5. The molecule has 3 heterocycles. The van der Waals surface area contributed by atoms with Crippen LogP contribution in [0.3, 0.4) is 0 Å². The largest absolute Gasteiger partial charge is 0.494 e. The van der Waals surface area contributed by atoms with Gasteiger partial charge in [0.05, 0.1) is 30.4 Å². The first-order valence-corrected chi connectivity index (χ1v) is 14.0. The molecule has 5 rings (SSSR count). The maximum absolute atomic E-state index is 6.58. The predicted octanol–water partition coefficient (Wildman–Crippen LogP) is 5.04. The van der Waals surface area contributed by atoms with Crippen molar-refractivity contribution in [1.29, 1.82) is 0 Å². The van der Waals surface area contributed by atoms with Crippen molar-refractivity contribution in [1.82, 2.24) is 19.8 Å². The van der Waals surface area contributed by atoms with E-state index in [1.165, 1.54) is 5.56 Å². The summed E-state index contributed by atoms with van der Waals surface area (Å²) in [7, 11) is 3.87. The normalized spacial score (nSPS) is 17.3. The Bertz CT molecular complexity index is 1300. The van der Waals surface area contributed by atoms with Gasteiger partial charge in [0.1, 0.15) is 10.8 Å². The molecule has 0 unspecified atom stereocenters. The third kappa shape index (κ3) is 6.16. The third-order valence-corrected chi connectivity index (χ3v) is 8.33. The number of hydrogen-bond donors (Lipinski definition) is 3. The molecular formula is C29H39ClN8O. The van der Waals surface area contributed by atoms with Gasteiger partial charge in [0, 0.05) is 57.1 Å². The molecule has 39 heavy (non-hydrogen) atoms. The molecule has 0 bridgehead atoms. The van der Waals surface area contributed by atoms with E-state index in [1.54, 1.807) is 13.3 Å². The Morgan fingerprint density at radius 3 is 2.46 bits per heavy atom. The van der Waals surface area contributed by atoms with Gasteiger partial charge < -0.3 is 30.9 Å². The fraction of sp³-hybridized carbons (Fsp3) is 0.448. The van der Waals surface area contributed by atoms with Gasteiger partial charge >= 0.3 is 0 Å². The number of hydrogen-bond acceptors (Lipinski definition) is 9. The number of rotatable bonds is 7. The summed E-state index contributed by atoms with van der Waals surface area (Å²) in [5.41, 5.74) is 12.3. The smallest absolute Gasteiger partial charge is 0.229 e. The molecule has 3 aromatic rings. The van der Waals surface area contributed by atoms with Crippen LogP contribution >= 0.6 is 11.6 Å². The van der Waals surface area contributed by atoms with E-state index in [9.17, 15) is 0 Å². The van der Waals surface area contributed by atoms with Gasteiger partial charge in [0.15, 0.2) is 5.82 Å². The van der Waals surface area contributed by atoms with Crippen LogP contribution in [-0.4, -0.2) is 79.2 Å². The fourth-order valence-corrected chi connectivity index (χ4v) is 5.57. The predicted molar refractivity (Wildman–Crippen MR) is 161 cm³/mol. The Balaban J connectivity index is 1.29. The van der Waals surface area contributed by atoms with Crippen molar-refractivity contribution in [3.05, 3.63) is 52.7 Å². The lowest BCUT2D eigenvalue weighted by Gasteiger charge is -2.42. The van der Waals surface area contributed by atoms with Gasteiger partial charge in [0.25, 0.3) is 0 Å². The van der Waals surface area contributed by atoms with Crippen LogP contribution in [0.1, 0.15) is 24.0 Å². The van der Waals surface area contributed by atoms with Crippen molar-refractivity contribution in [3.63, 3.8) is 0 Å². The van der Waals surface area contributed by atoms with E-state index in [0.717, 1.165) is 69.0 Å². The van der Waals surface area contributed by atoms with Crippen LogP contribution in [0.5, 0.6) is 5.75 Å². The SMILES string of the molecule is COc1cc(N2CCC(N3CCN(C)CC3)CC2)c(N)cc1Nc1ncc(Cl)c(Nc2cccc(C)c2C)n1. The number of anilines is 6. The first-order valence-electron chi connectivity index (χ1n) is 13.6. The highest BCUT2D eigenvalue weighted by Gasteiger charge is 2.28. The molecule has 2 aliphatic rings. The number of methoxy groups -OCH3 is 1. The van der Waals surface area contributed by atoms with E-state index in [-0.39, 0.29) is 0 Å². The number of benzene rings is 2. The van der Waals surface area contributed by atoms with Crippen molar-refractivity contribution < 1.29 is 4.74 Å². The summed E-state index contributed by atoms with van der Waals surface area (Å²) in [6.07, 6.45) is 3.86. The molecule has 2 aromatic carbocycles. The van der Waals surface area contributed by atoms with Crippen LogP contribution in [0, 0.1) is 13.8 Å². The molecule has 10 heteroatoms. The maximum atomic E-state index is 6.58. The maximum Gasteiger partial charge on any atom is 0.229 e. The number of piperazine rings is 1. The minimum absolute atomic E-state index is 0.394. The molecule has 4 N–H and O–H groups in total. The summed E-state index contributed by atoms with van der Waals surface area (Å²) < 4.78 is 5.75. The van der Waals surface area contributed by atoms with Crippen molar-refractivity contribution in [2.45, 2.75) is 32.7 Å². The summed E-state index contributed by atoms with van der Waals surface area (Å²) in [6, 6.07) is 10.6. The lowest BCUT2D eigenvalue weighted by atomic mass is 10.0. The van der Waals surface area contributed by atoms with Crippen LogP contribution in [0.15, 0.2) is 36.5 Å². The molecule has 0 atom stereocenters. The van der Waals surface area contributed by atoms with Gasteiger partial charge in [-0.05, 0) is 57.0 Å². The van der Waals surface area contributed by atoms with Crippen molar-refractivity contribution in [2.24, 2.45) is 0 Å². The van der Waals surface area contributed by atoms with E-state index in [0.29, 0.717) is 40.0 Å². The Morgan fingerprint density at radius 1 is 1.00 bits per heavy atom. The van der Waals surface area contributed by atoms with Crippen molar-refractivity contribution in [3.8, 4) is 5.75 Å². The Labute approximate surface area is 236 Å². The summed E-state index contributed by atoms with van der Waals surface area (Å²) >= 11 is 6.43. The highest BCUT2D eigenvalue weighted by Crippen LogP contribution is 2.38. The van der Waals surface area contributed by atoms with E-state index < -0.39 is 0 Å². The second kappa shape index (κ2) is 11.9. The topological polar surface area (TPSA) is 94.8 Å². The monoisotopic (exact) mass is 550 g/mol. The number of nitrogens with two attached hydrogens (primary N) is 1. The number of ether oxygens (including phenoxy) is 1. The molecule has 2 aliphatic heterocycles. The van der Waals surface area contributed by atoms with Gasteiger partial charge in [0.2, 0.25) is 5.95 Å². The number of likely N-dealkylation sites (N-methyl/N-ethyl adjacent to an activating group) is 1. The van der Waals surface area contributed by atoms with E-state index in [2.05, 4.69) is 62.3 Å². The average molecular weight is 551 g/mol. The molecular weight excluding hydrogens is 512 g/mol. The minimum Gasteiger partial charge on any atom is -0.494 e. The number of nitrogen functional groups attached to an aromatic ring is 1. The minimum atomic E-state index is 0.394. The lowest BCUT2D eigenvalue weighted by Crippen LogP contribution is -2.52. The molecule has 0 saturated carbocycles. The van der Waals surface area contributed by atoms with E-state index in [1.807, 2.05) is 24.3 Å². The second-order valence-electron chi connectivity index (χ2n) is 10.6. The van der Waals surface area contributed by atoms with Gasteiger partial charge in [-0.1, -0.05) is 23.7 Å². The molecule has 0 aliphatic carbocycles. The van der Waals surface area contributed by atoms with E-state index >= 15 is 0 Å². The molecule has 0 spiro atoms. The van der Waals surface area contributed by atoms with Crippen LogP contribution in [0.2, 0.25) is 5.02 Å². The van der Waals surface area contributed by atoms with Crippen LogP contribution in [-0.2, 0) is 0 Å². The Hall–Kier alpha value is -3.27. The van der Waals surface area contributed by atoms with Gasteiger partial charge in [-0.25, -0.2) is 4.98 Å². The average Bonchev–Trinajstić information content (AvgIpc) is 2.94. The first-order chi connectivity index (χ1) is 18.8. The first kappa shape index (κ1) is 27.3. The van der Waals surface area contributed by atoms with E-state index in [4.69, 9.17) is 22.1 Å². The molecule has 0 radical (unpaired) electrons. The van der Waals surface area contributed by atoms with Crippen LogP contribution in [0.4, 0.5) is 34.5 Å². The number of aromatic nitrogens is 2. The summed E-state index contributed by atoms with van der Waals surface area (Å²) in [6.45, 7) is 10.7. The Kier molecular flexibility index (Phi) is 8.30. The van der Waals surface area contributed by atoms with Gasteiger partial charge in [-0.2, -0.15) is 4.98 Å². The highest BCUT2D eigenvalue weighted by atomic mass is 35.5. The van der Waals surface area contributed by atoms with Crippen LogP contribution in [0.25, 0.3) is 0 Å². The Morgan fingerprint density at radius 2 is 1.74 bits per heavy atom. The highest BCUT2D eigenvalue weighted by molar-refractivity contribution is 6.32. The second-order valence-corrected chi connectivity index (χ2v) is 11.0. The quantitative estimate of drug-likeness (QED) is 0.350. The summed E-state index contributed by atoms with van der Waals surface area (Å²) in [5, 5.41) is 7.04. The zero-order valence-electron chi connectivity index (χ0n) is 23.3. The van der Waals surface area contributed by atoms with Crippen molar-refractivity contribution in [2.75, 3.05) is 74.7 Å². The van der Waals surface area contributed by atoms with Crippen molar-refractivity contribution >= 4 is 46.1 Å². The number of halogens is 1. The number of aryl methyl sites for hydroxylation is 1. The summed E-state index contributed by atoms with van der Waals surface area (Å²) in [5.74, 6) is 1.60. The number of piperidine rings is 1. The molecule has 2 fully saturated rings. The standard InChI is InChI=1S/C29H39ClN8O/c1-19-6-5-7-24(20(19)2)33-28-22(30)18-32-29(35-28)34-25-16-23(31)26(17-27(25)39-4)38-10-8-21(9-11-38)37-14-12-36(3)13-15-37/h5-7,16-18,21H,8-15,31H2,1-4H3,(H2,32,33,34,35). The summed E-state index contributed by atoms with van der Waals surface area (Å²) in [4.78, 5) is 16.4. The van der Waals surface area contributed by atoms with Crippen LogP contribution < -0.4 is 26.0 Å². The molecule has 208 valence electrons. The third-order valence-electron chi connectivity index (χ3n) is 8.06. The molecule has 9 nitrogen and oxygen atoms in total. The number of nitrogens with one attached hydrogen (secondary N) is 2. The number of nitrogens with zero attached hydrogens (tertiary/aromatic N) is 5. The molecule has 1 aromatic heterocycles. The fourth-order valence-electron chi connectivity index (χ4n) is 5.43.